The van der Waals surface area contributed by atoms with Gasteiger partial charge in [-0.05, 0) is 43.4 Å². The predicted molar refractivity (Wildman–Crippen MR) is 73.0 cm³/mol. The Balaban J connectivity index is 1.98. The highest BCUT2D eigenvalue weighted by Crippen LogP contribution is 2.39. The van der Waals surface area contributed by atoms with Gasteiger partial charge in [-0.1, -0.05) is 0 Å². The number of hydrogen-bond acceptors (Lipinski definition) is 3. The molecule has 1 aliphatic rings. The van der Waals surface area contributed by atoms with Gasteiger partial charge in [-0.2, -0.15) is 0 Å². The zero-order chi connectivity index (χ0) is 14.8. The SMILES string of the molecule is CN(Cc1ccncc1)C(=O)NC(C)(C(=O)O)C1CC1. The van der Waals surface area contributed by atoms with Crippen molar-refractivity contribution in [3.8, 4) is 0 Å². The monoisotopic (exact) mass is 277 g/mol. The van der Waals surface area contributed by atoms with E-state index in [4.69, 9.17) is 0 Å². The first-order valence-corrected chi connectivity index (χ1v) is 6.59. The molecule has 0 spiro atoms. The summed E-state index contributed by atoms with van der Waals surface area (Å²) in [7, 11) is 1.64. The smallest absolute Gasteiger partial charge is 0.329 e. The first-order chi connectivity index (χ1) is 9.43. The number of aromatic nitrogens is 1. The highest BCUT2D eigenvalue weighted by atomic mass is 16.4. The Morgan fingerprint density at radius 3 is 2.55 bits per heavy atom. The Hall–Kier alpha value is -2.11. The zero-order valence-corrected chi connectivity index (χ0v) is 11.7. The van der Waals surface area contributed by atoms with Crippen molar-refractivity contribution in [1.29, 1.82) is 0 Å². The van der Waals surface area contributed by atoms with Crippen LogP contribution in [0.5, 0.6) is 0 Å². The quantitative estimate of drug-likeness (QED) is 0.854. The predicted octanol–water partition coefficient (Wildman–Crippen LogP) is 1.48. The van der Waals surface area contributed by atoms with E-state index in [-0.39, 0.29) is 11.9 Å². The van der Waals surface area contributed by atoms with E-state index in [0.717, 1.165) is 18.4 Å². The summed E-state index contributed by atoms with van der Waals surface area (Å²) in [5, 5.41) is 12.0. The van der Waals surface area contributed by atoms with Crippen LogP contribution in [0.15, 0.2) is 24.5 Å². The van der Waals surface area contributed by atoms with E-state index in [2.05, 4.69) is 10.3 Å². The molecule has 1 fully saturated rings. The van der Waals surface area contributed by atoms with Crippen molar-refractivity contribution in [2.45, 2.75) is 31.8 Å². The normalized spacial score (nSPS) is 17.1. The lowest BCUT2D eigenvalue weighted by Gasteiger charge is -2.29. The van der Waals surface area contributed by atoms with Crippen LogP contribution in [0.4, 0.5) is 4.79 Å². The highest BCUT2D eigenvalue weighted by molar-refractivity contribution is 5.86. The maximum atomic E-state index is 12.1. The molecule has 1 aromatic heterocycles. The summed E-state index contributed by atoms with van der Waals surface area (Å²) in [6, 6.07) is 3.26. The van der Waals surface area contributed by atoms with Crippen LogP contribution in [0.1, 0.15) is 25.3 Å². The summed E-state index contributed by atoms with van der Waals surface area (Å²) in [6.07, 6.45) is 5.01. The number of amides is 2. The second kappa shape index (κ2) is 5.48. The zero-order valence-electron chi connectivity index (χ0n) is 11.7. The van der Waals surface area contributed by atoms with Crippen molar-refractivity contribution in [1.82, 2.24) is 15.2 Å². The van der Waals surface area contributed by atoms with Gasteiger partial charge in [0.2, 0.25) is 0 Å². The molecule has 0 radical (unpaired) electrons. The number of nitrogens with one attached hydrogen (secondary N) is 1. The Labute approximate surface area is 117 Å². The number of urea groups is 1. The molecule has 2 N–H and O–H groups in total. The molecule has 1 aliphatic carbocycles. The van der Waals surface area contributed by atoms with E-state index in [1.165, 1.54) is 4.90 Å². The number of pyridine rings is 1. The summed E-state index contributed by atoms with van der Waals surface area (Å²) in [6.45, 7) is 1.99. The summed E-state index contributed by atoms with van der Waals surface area (Å²) < 4.78 is 0. The topological polar surface area (TPSA) is 82.5 Å². The molecule has 6 heteroatoms. The summed E-state index contributed by atoms with van der Waals surface area (Å²) >= 11 is 0. The third-order valence-electron chi connectivity index (χ3n) is 3.72. The van der Waals surface area contributed by atoms with E-state index in [9.17, 15) is 14.7 Å². The van der Waals surface area contributed by atoms with Gasteiger partial charge in [0.1, 0.15) is 5.54 Å². The summed E-state index contributed by atoms with van der Waals surface area (Å²) in [5.74, 6) is -0.955. The number of carboxylic acids is 1. The van der Waals surface area contributed by atoms with Crippen LogP contribution in [0.2, 0.25) is 0 Å². The second-order valence-electron chi connectivity index (χ2n) is 5.42. The lowest BCUT2D eigenvalue weighted by molar-refractivity contribution is -0.144. The number of rotatable bonds is 5. The summed E-state index contributed by atoms with van der Waals surface area (Å²) in [4.78, 5) is 28.9. The Bertz CT molecular complexity index is 502. The number of carbonyl (C=O) groups is 2. The Morgan fingerprint density at radius 2 is 2.05 bits per heavy atom. The van der Waals surface area contributed by atoms with Gasteiger partial charge in [-0.3, -0.25) is 4.98 Å². The van der Waals surface area contributed by atoms with Crippen molar-refractivity contribution < 1.29 is 14.7 Å². The van der Waals surface area contributed by atoms with Crippen LogP contribution in [-0.4, -0.2) is 39.6 Å². The number of carboxylic acid groups (broad SMARTS) is 1. The molecule has 6 nitrogen and oxygen atoms in total. The maximum Gasteiger partial charge on any atom is 0.329 e. The fourth-order valence-corrected chi connectivity index (χ4v) is 2.14. The highest BCUT2D eigenvalue weighted by Gasteiger charge is 2.48. The molecule has 1 aromatic rings. The van der Waals surface area contributed by atoms with E-state index in [0.29, 0.717) is 6.54 Å². The minimum atomic E-state index is -1.18. The maximum absolute atomic E-state index is 12.1. The minimum absolute atomic E-state index is 0.0262. The first-order valence-electron chi connectivity index (χ1n) is 6.59. The van der Waals surface area contributed by atoms with Gasteiger partial charge < -0.3 is 15.3 Å². The number of aliphatic carboxylic acids is 1. The van der Waals surface area contributed by atoms with Gasteiger partial charge in [-0.15, -0.1) is 0 Å². The molecule has 1 saturated carbocycles. The van der Waals surface area contributed by atoms with Gasteiger partial charge >= 0.3 is 12.0 Å². The summed E-state index contributed by atoms with van der Waals surface area (Å²) in [5.41, 5.74) is -0.232. The molecular weight excluding hydrogens is 258 g/mol. The van der Waals surface area contributed by atoms with E-state index >= 15 is 0 Å². The fourth-order valence-electron chi connectivity index (χ4n) is 2.14. The average molecular weight is 277 g/mol. The van der Waals surface area contributed by atoms with Gasteiger partial charge in [0.15, 0.2) is 0 Å². The van der Waals surface area contributed by atoms with Crippen LogP contribution < -0.4 is 5.32 Å². The molecule has 0 aliphatic heterocycles. The molecule has 1 atom stereocenters. The van der Waals surface area contributed by atoms with Crippen molar-refractivity contribution in [3.05, 3.63) is 30.1 Å². The Kier molecular flexibility index (Phi) is 3.92. The minimum Gasteiger partial charge on any atom is -0.480 e. The molecule has 0 aromatic carbocycles. The molecule has 1 heterocycles. The van der Waals surface area contributed by atoms with Crippen molar-refractivity contribution >= 4 is 12.0 Å². The van der Waals surface area contributed by atoms with Crippen LogP contribution in [-0.2, 0) is 11.3 Å². The molecule has 2 rings (SSSR count). The van der Waals surface area contributed by atoms with E-state index < -0.39 is 11.5 Å². The number of nitrogens with zero attached hydrogens (tertiary/aromatic N) is 2. The molecule has 108 valence electrons. The van der Waals surface area contributed by atoms with Crippen molar-refractivity contribution in [2.75, 3.05) is 7.05 Å². The third kappa shape index (κ3) is 3.07. The Morgan fingerprint density at radius 1 is 1.45 bits per heavy atom. The number of hydrogen-bond donors (Lipinski definition) is 2. The molecule has 0 saturated heterocycles. The van der Waals surface area contributed by atoms with Crippen LogP contribution >= 0.6 is 0 Å². The first kappa shape index (κ1) is 14.3. The van der Waals surface area contributed by atoms with Crippen molar-refractivity contribution in [2.24, 2.45) is 5.92 Å². The average Bonchev–Trinajstić information content (AvgIpc) is 3.24. The van der Waals surface area contributed by atoms with Gasteiger partial charge in [-0.25, -0.2) is 9.59 Å². The second-order valence-corrected chi connectivity index (χ2v) is 5.42. The molecule has 20 heavy (non-hydrogen) atoms. The van der Waals surface area contributed by atoms with Gasteiger partial charge in [0, 0.05) is 26.0 Å². The molecular formula is C14H19N3O3. The lowest BCUT2D eigenvalue weighted by atomic mass is 9.96. The van der Waals surface area contributed by atoms with Gasteiger partial charge in [0.25, 0.3) is 0 Å². The van der Waals surface area contributed by atoms with E-state index in [1.807, 2.05) is 12.1 Å². The number of carbonyl (C=O) groups excluding carboxylic acids is 1. The molecule has 1 unspecified atom stereocenters. The lowest BCUT2D eigenvalue weighted by Crippen LogP contribution is -2.56. The molecule has 0 bridgehead atoms. The standard InChI is InChI=1S/C14H19N3O3/c1-14(12(18)19,11-3-4-11)16-13(20)17(2)9-10-5-7-15-8-6-10/h5-8,11H,3-4,9H2,1-2H3,(H,16,20)(H,18,19). The van der Waals surface area contributed by atoms with Crippen LogP contribution in [0, 0.1) is 5.92 Å². The third-order valence-corrected chi connectivity index (χ3v) is 3.72. The van der Waals surface area contributed by atoms with E-state index in [1.54, 1.807) is 26.4 Å². The van der Waals surface area contributed by atoms with Crippen LogP contribution in [0.25, 0.3) is 0 Å². The molecule has 2 amide bonds. The van der Waals surface area contributed by atoms with Gasteiger partial charge in [0.05, 0.1) is 0 Å². The van der Waals surface area contributed by atoms with Crippen molar-refractivity contribution in [3.63, 3.8) is 0 Å². The van der Waals surface area contributed by atoms with Crippen LogP contribution in [0.3, 0.4) is 0 Å². The fraction of sp³-hybridized carbons (Fsp3) is 0.500. The largest absolute Gasteiger partial charge is 0.480 e.